The van der Waals surface area contributed by atoms with Gasteiger partial charge in [-0.2, -0.15) is 0 Å². The number of rotatable bonds is 5. The van der Waals surface area contributed by atoms with Crippen LogP contribution in [0.5, 0.6) is 0 Å². The van der Waals surface area contributed by atoms with Gasteiger partial charge in [0, 0.05) is 12.5 Å². The molecule has 0 bridgehead atoms. The van der Waals surface area contributed by atoms with E-state index in [-0.39, 0.29) is 5.91 Å². The van der Waals surface area contributed by atoms with E-state index in [1.54, 1.807) is 0 Å². The van der Waals surface area contributed by atoms with E-state index in [2.05, 4.69) is 34.9 Å². The van der Waals surface area contributed by atoms with Crippen molar-refractivity contribution in [2.45, 2.75) is 19.3 Å². The van der Waals surface area contributed by atoms with Crippen LogP contribution in [0.15, 0.2) is 24.3 Å². The van der Waals surface area contributed by atoms with Crippen molar-refractivity contribution in [2.24, 2.45) is 0 Å². The first-order valence-electron chi connectivity index (χ1n) is 5.86. The predicted octanol–water partition coefficient (Wildman–Crippen LogP) is 1.05. The van der Waals surface area contributed by atoms with Crippen LogP contribution in [0.2, 0.25) is 0 Å². The monoisotopic (exact) mass is 218 g/mol. The topological polar surface area (TPSA) is 41.1 Å². The van der Waals surface area contributed by atoms with E-state index in [1.807, 2.05) is 6.92 Å². The Morgan fingerprint density at radius 3 is 3.00 bits per heavy atom. The molecule has 0 fully saturated rings. The number of hydrogen-bond donors (Lipinski definition) is 2. The third-order valence-electron chi connectivity index (χ3n) is 3.04. The average molecular weight is 218 g/mol. The molecule has 1 amide bonds. The molecule has 1 unspecified atom stereocenters. The minimum atomic E-state index is 0.0891. The fourth-order valence-electron chi connectivity index (χ4n) is 2.08. The van der Waals surface area contributed by atoms with Crippen LogP contribution in [0.3, 0.4) is 0 Å². The Morgan fingerprint density at radius 2 is 2.25 bits per heavy atom. The zero-order valence-corrected chi connectivity index (χ0v) is 9.62. The lowest BCUT2D eigenvalue weighted by atomic mass is 9.77. The van der Waals surface area contributed by atoms with Gasteiger partial charge in [-0.05, 0) is 24.1 Å². The molecule has 3 heteroatoms. The molecule has 3 nitrogen and oxygen atoms in total. The molecule has 0 heterocycles. The number of carbonyl (C=O) groups is 1. The highest BCUT2D eigenvalue weighted by molar-refractivity contribution is 5.78. The van der Waals surface area contributed by atoms with Gasteiger partial charge in [0.15, 0.2) is 0 Å². The quantitative estimate of drug-likeness (QED) is 0.775. The van der Waals surface area contributed by atoms with Crippen molar-refractivity contribution in [1.82, 2.24) is 10.6 Å². The summed E-state index contributed by atoms with van der Waals surface area (Å²) in [6, 6.07) is 8.44. The van der Waals surface area contributed by atoms with Gasteiger partial charge in [-0.25, -0.2) is 0 Å². The normalized spacial score (nSPS) is 17.4. The van der Waals surface area contributed by atoms with Gasteiger partial charge in [-0.3, -0.25) is 4.79 Å². The number of benzene rings is 1. The largest absolute Gasteiger partial charge is 0.354 e. The summed E-state index contributed by atoms with van der Waals surface area (Å²) in [7, 11) is 0. The van der Waals surface area contributed by atoms with Crippen LogP contribution in [-0.2, 0) is 11.2 Å². The summed E-state index contributed by atoms with van der Waals surface area (Å²) in [6.45, 7) is 4.02. The summed E-state index contributed by atoms with van der Waals surface area (Å²) in [5.41, 5.74) is 2.82. The van der Waals surface area contributed by atoms with E-state index in [1.165, 1.54) is 11.1 Å². The molecular formula is C13H18N2O. The summed E-state index contributed by atoms with van der Waals surface area (Å²) in [6.07, 6.45) is 1.09. The van der Waals surface area contributed by atoms with E-state index in [9.17, 15) is 4.79 Å². The first kappa shape index (κ1) is 11.1. The van der Waals surface area contributed by atoms with Crippen molar-refractivity contribution in [3.63, 3.8) is 0 Å². The molecular weight excluding hydrogens is 200 g/mol. The number of nitrogens with one attached hydrogen (secondary N) is 2. The maximum atomic E-state index is 11.4. The van der Waals surface area contributed by atoms with Crippen LogP contribution in [0.25, 0.3) is 0 Å². The Balaban J connectivity index is 1.75. The third kappa shape index (κ3) is 2.42. The van der Waals surface area contributed by atoms with Gasteiger partial charge in [0.2, 0.25) is 5.91 Å². The van der Waals surface area contributed by atoms with Crippen molar-refractivity contribution >= 4 is 5.91 Å². The molecule has 2 rings (SSSR count). The van der Waals surface area contributed by atoms with E-state index >= 15 is 0 Å². The van der Waals surface area contributed by atoms with Crippen molar-refractivity contribution in [3.05, 3.63) is 35.4 Å². The smallest absolute Gasteiger partial charge is 0.233 e. The zero-order valence-electron chi connectivity index (χ0n) is 9.62. The summed E-state index contributed by atoms with van der Waals surface area (Å²) in [5, 5.41) is 5.97. The van der Waals surface area contributed by atoms with Crippen LogP contribution < -0.4 is 10.6 Å². The second kappa shape index (κ2) is 5.12. The van der Waals surface area contributed by atoms with Gasteiger partial charge in [0.1, 0.15) is 0 Å². The van der Waals surface area contributed by atoms with Gasteiger partial charge in [0.05, 0.1) is 6.54 Å². The summed E-state index contributed by atoms with van der Waals surface area (Å²) in [5.74, 6) is 0.605. The number of amides is 1. The molecule has 86 valence electrons. The lowest BCUT2D eigenvalue weighted by Crippen LogP contribution is -2.38. The zero-order chi connectivity index (χ0) is 11.4. The maximum absolute atomic E-state index is 11.4. The molecule has 1 aliphatic rings. The van der Waals surface area contributed by atoms with Gasteiger partial charge >= 0.3 is 0 Å². The van der Waals surface area contributed by atoms with E-state index < -0.39 is 0 Å². The second-order valence-electron chi connectivity index (χ2n) is 4.18. The van der Waals surface area contributed by atoms with Gasteiger partial charge < -0.3 is 10.6 Å². The van der Waals surface area contributed by atoms with Crippen LogP contribution in [0, 0.1) is 0 Å². The van der Waals surface area contributed by atoms with Crippen molar-refractivity contribution < 1.29 is 4.79 Å². The first-order chi connectivity index (χ1) is 7.81. The average Bonchev–Trinajstić information content (AvgIpc) is 2.27. The molecule has 1 aliphatic carbocycles. The molecule has 0 spiro atoms. The Hall–Kier alpha value is -1.35. The standard InChI is InChI=1S/C13H18N2O/c1-2-14-9-13(16)15-8-11-7-10-5-3-4-6-12(10)11/h3-6,11,14H,2,7-9H2,1H3,(H,15,16). The maximum Gasteiger partial charge on any atom is 0.233 e. The number of carbonyl (C=O) groups excluding carboxylic acids is 1. The van der Waals surface area contributed by atoms with Gasteiger partial charge in [-0.1, -0.05) is 31.2 Å². The lowest BCUT2D eigenvalue weighted by molar-refractivity contribution is -0.120. The molecule has 0 saturated carbocycles. The fourth-order valence-corrected chi connectivity index (χ4v) is 2.08. The molecule has 16 heavy (non-hydrogen) atoms. The molecule has 0 aromatic heterocycles. The number of fused-ring (bicyclic) bond motifs is 1. The van der Waals surface area contributed by atoms with E-state index in [0.29, 0.717) is 12.5 Å². The highest BCUT2D eigenvalue weighted by Gasteiger charge is 2.25. The summed E-state index contributed by atoms with van der Waals surface area (Å²) >= 11 is 0. The molecule has 1 aromatic rings. The summed E-state index contributed by atoms with van der Waals surface area (Å²) in [4.78, 5) is 11.4. The molecule has 1 atom stereocenters. The van der Waals surface area contributed by atoms with E-state index in [4.69, 9.17) is 0 Å². The van der Waals surface area contributed by atoms with E-state index in [0.717, 1.165) is 19.5 Å². The molecule has 1 aromatic carbocycles. The Kier molecular flexibility index (Phi) is 3.57. The van der Waals surface area contributed by atoms with Gasteiger partial charge in [-0.15, -0.1) is 0 Å². The van der Waals surface area contributed by atoms with Crippen molar-refractivity contribution in [2.75, 3.05) is 19.6 Å². The molecule has 0 aliphatic heterocycles. The van der Waals surface area contributed by atoms with Crippen LogP contribution in [0.4, 0.5) is 0 Å². The fraction of sp³-hybridized carbons (Fsp3) is 0.462. The Bertz CT molecular complexity index is 376. The van der Waals surface area contributed by atoms with Crippen LogP contribution >= 0.6 is 0 Å². The first-order valence-corrected chi connectivity index (χ1v) is 5.86. The molecule has 0 radical (unpaired) electrons. The lowest BCUT2D eigenvalue weighted by Gasteiger charge is -2.30. The van der Waals surface area contributed by atoms with Crippen molar-refractivity contribution in [1.29, 1.82) is 0 Å². The highest BCUT2D eigenvalue weighted by atomic mass is 16.1. The minimum Gasteiger partial charge on any atom is -0.354 e. The Morgan fingerprint density at radius 1 is 1.44 bits per heavy atom. The van der Waals surface area contributed by atoms with Gasteiger partial charge in [0.25, 0.3) is 0 Å². The number of likely N-dealkylation sites (N-methyl/N-ethyl adjacent to an activating group) is 1. The number of hydrogen-bond acceptors (Lipinski definition) is 2. The van der Waals surface area contributed by atoms with Crippen LogP contribution in [0.1, 0.15) is 24.0 Å². The highest BCUT2D eigenvalue weighted by Crippen LogP contribution is 2.33. The predicted molar refractivity (Wildman–Crippen MR) is 64.4 cm³/mol. The third-order valence-corrected chi connectivity index (χ3v) is 3.04. The van der Waals surface area contributed by atoms with Crippen molar-refractivity contribution in [3.8, 4) is 0 Å². The Labute approximate surface area is 96.2 Å². The second-order valence-corrected chi connectivity index (χ2v) is 4.18. The minimum absolute atomic E-state index is 0.0891. The van der Waals surface area contributed by atoms with Crippen LogP contribution in [-0.4, -0.2) is 25.5 Å². The molecule has 2 N–H and O–H groups in total. The summed E-state index contributed by atoms with van der Waals surface area (Å²) < 4.78 is 0. The SMILES string of the molecule is CCNCC(=O)NCC1Cc2ccccc21. The molecule has 0 saturated heterocycles.